The molecule has 0 radical (unpaired) electrons. The van der Waals surface area contributed by atoms with E-state index < -0.39 is 50.7 Å². The molecule has 10 N–H and O–H groups in total. The summed E-state index contributed by atoms with van der Waals surface area (Å²) in [6, 6.07) is 12.8. The van der Waals surface area contributed by atoms with Crippen LogP contribution in [0.25, 0.3) is 22.3 Å². The number of hydrogen-bond acceptors (Lipinski definition) is 19. The number of rotatable bonds is 24. The lowest BCUT2D eigenvalue weighted by atomic mass is 10.1. The van der Waals surface area contributed by atoms with Gasteiger partial charge in [-0.15, -0.1) is 12.4 Å². The molecule has 428 valence electrons. The number of carbonyl (C=O) groups is 2. The highest BCUT2D eigenvalue weighted by molar-refractivity contribution is 7.57. The smallest absolute Gasteiger partial charge is 0.350 e. The number of nitrogen functional groups attached to an aromatic ring is 2. The zero-order valence-electron chi connectivity index (χ0n) is 44.5. The number of halogens is 3. The van der Waals surface area contributed by atoms with Gasteiger partial charge in [0.1, 0.15) is 59.0 Å². The van der Waals surface area contributed by atoms with Crippen molar-refractivity contribution < 1.29 is 57.1 Å². The summed E-state index contributed by atoms with van der Waals surface area (Å²) in [4.78, 5) is 65.7. The number of aromatic nitrogens is 8. The summed E-state index contributed by atoms with van der Waals surface area (Å²) in [5.74, 6) is 0.279. The summed E-state index contributed by atoms with van der Waals surface area (Å²) < 4.78 is 55.4. The maximum absolute atomic E-state index is 14.0. The number of esters is 2. The number of benzene rings is 2. The summed E-state index contributed by atoms with van der Waals surface area (Å²) >= 11 is 11.5. The largest absolute Gasteiger partial charge is 0.508 e. The average molecular weight is 1180 g/mol. The minimum Gasteiger partial charge on any atom is -0.508 e. The number of hydrogen-bond donors (Lipinski definition) is 7. The van der Waals surface area contributed by atoms with Crippen LogP contribution in [-0.2, 0) is 50.8 Å². The van der Waals surface area contributed by atoms with Crippen molar-refractivity contribution in [1.82, 2.24) is 44.1 Å². The number of aromatic hydroxyl groups is 1. The highest BCUT2D eigenvalue weighted by atomic mass is 35.5. The van der Waals surface area contributed by atoms with Gasteiger partial charge in [0.2, 0.25) is 0 Å². The molecule has 6 rings (SSSR count). The molecular weight excluding hydrogens is 1100 g/mol. The molecule has 3 atom stereocenters. The van der Waals surface area contributed by atoms with Crippen LogP contribution in [0.5, 0.6) is 11.5 Å². The first-order chi connectivity index (χ1) is 35.7. The Morgan fingerprint density at radius 2 is 1.12 bits per heavy atom. The molecule has 0 aliphatic carbocycles. The Labute approximate surface area is 464 Å². The molecule has 0 saturated heterocycles. The van der Waals surface area contributed by atoms with E-state index in [-0.39, 0.29) is 42.1 Å². The fraction of sp³-hybridized carbons (Fsp3) is 0.500. The highest BCUT2D eigenvalue weighted by Gasteiger charge is 2.39. The normalized spacial score (nSPS) is 13.0. The molecule has 1 unspecified atom stereocenters. The maximum Gasteiger partial charge on any atom is 0.350 e. The van der Waals surface area contributed by atoms with Crippen molar-refractivity contribution in [2.24, 2.45) is 5.73 Å². The second-order valence-electron chi connectivity index (χ2n) is 18.4. The van der Waals surface area contributed by atoms with Gasteiger partial charge in [-0.3, -0.25) is 18.7 Å². The Kier molecular flexibility index (Phi) is 28.8. The first kappa shape index (κ1) is 67.9. The molecule has 6 aromatic rings. The number of ether oxygens (including phenoxy) is 4. The Morgan fingerprint density at radius 1 is 0.688 bits per heavy atom. The van der Waals surface area contributed by atoms with Crippen LogP contribution in [0.1, 0.15) is 93.9 Å². The van der Waals surface area contributed by atoms with Crippen molar-refractivity contribution in [3.63, 3.8) is 0 Å². The van der Waals surface area contributed by atoms with Crippen LogP contribution < -0.4 is 26.8 Å². The molecule has 0 amide bonds. The fourth-order valence-electron chi connectivity index (χ4n) is 6.23. The van der Waals surface area contributed by atoms with Gasteiger partial charge in [0.15, 0.2) is 22.9 Å². The number of carbonyl (C=O) groups excluding carboxylic acids is 2. The summed E-state index contributed by atoms with van der Waals surface area (Å²) in [6.45, 7) is 15.7. The monoisotopic (exact) mass is 1180 g/mol. The predicted molar refractivity (Wildman–Crippen MR) is 299 cm³/mol. The van der Waals surface area contributed by atoms with Crippen molar-refractivity contribution in [2.75, 3.05) is 37.4 Å². The SMILES string of the molecule is CCCCCOC(=O)C(C)(C)N.CCCCCOC(=O)C(C)(C)NP(=O)(CO[C@H](C)Cn1cnc2c(N)ncnc21)Oc1ccc(Cl)cc1.C[C@H](Cn1cnc2c(N)ncnc21)OCP(=O)(O)O.Cl.Oc1ccc(Cl)cc1. The quantitative estimate of drug-likeness (QED) is 0.0169. The maximum atomic E-state index is 14.0. The van der Waals surface area contributed by atoms with Crippen molar-refractivity contribution in [2.45, 2.75) is 130 Å². The second-order valence-corrected chi connectivity index (χ2v) is 22.8. The minimum atomic E-state index is -4.16. The molecule has 0 spiro atoms. The molecule has 77 heavy (non-hydrogen) atoms. The van der Waals surface area contributed by atoms with Gasteiger partial charge in [0.05, 0.1) is 51.2 Å². The molecular formula is C48H73Cl3N12O12P2. The summed E-state index contributed by atoms with van der Waals surface area (Å²) in [6.07, 6.45) is 9.96. The number of imidazole rings is 2. The minimum absolute atomic E-state index is 0. The van der Waals surface area contributed by atoms with Gasteiger partial charge in [0, 0.05) is 10.0 Å². The van der Waals surface area contributed by atoms with Gasteiger partial charge >= 0.3 is 27.1 Å². The Balaban J connectivity index is 0.000000417. The van der Waals surface area contributed by atoms with Crippen molar-refractivity contribution in [1.29, 1.82) is 0 Å². The molecule has 2 aromatic carbocycles. The van der Waals surface area contributed by atoms with Crippen molar-refractivity contribution in [3.8, 4) is 11.5 Å². The molecule has 4 aromatic heterocycles. The van der Waals surface area contributed by atoms with Gasteiger partial charge in [-0.25, -0.2) is 35.0 Å². The summed E-state index contributed by atoms with van der Waals surface area (Å²) in [5.41, 5.74) is 17.0. The number of anilines is 2. The van der Waals surface area contributed by atoms with Crippen LogP contribution in [-0.4, -0.2) is 115 Å². The predicted octanol–water partition coefficient (Wildman–Crippen LogP) is 8.67. The third kappa shape index (κ3) is 25.0. The lowest BCUT2D eigenvalue weighted by Gasteiger charge is -2.30. The number of nitrogens with zero attached hydrogens (tertiary/aromatic N) is 8. The van der Waals surface area contributed by atoms with E-state index in [1.54, 1.807) is 98.6 Å². The van der Waals surface area contributed by atoms with E-state index in [2.05, 4.69) is 48.8 Å². The molecule has 0 fully saturated rings. The van der Waals surface area contributed by atoms with E-state index in [1.807, 2.05) is 6.92 Å². The van der Waals surface area contributed by atoms with E-state index in [0.717, 1.165) is 38.5 Å². The van der Waals surface area contributed by atoms with Crippen LogP contribution in [0.4, 0.5) is 11.6 Å². The third-order valence-electron chi connectivity index (χ3n) is 10.2. The lowest BCUT2D eigenvalue weighted by molar-refractivity contribution is -0.150. The fourth-order valence-corrected chi connectivity index (χ4v) is 8.95. The Hall–Kier alpha value is -5.23. The number of fused-ring (bicyclic) bond motifs is 2. The number of nitrogens with one attached hydrogen (secondary N) is 1. The van der Waals surface area contributed by atoms with E-state index in [0.29, 0.717) is 64.4 Å². The molecule has 4 heterocycles. The highest BCUT2D eigenvalue weighted by Crippen LogP contribution is 2.46. The van der Waals surface area contributed by atoms with Crippen LogP contribution in [0, 0.1) is 0 Å². The zero-order valence-corrected chi connectivity index (χ0v) is 48.6. The van der Waals surface area contributed by atoms with E-state index >= 15 is 0 Å². The van der Waals surface area contributed by atoms with E-state index in [9.17, 15) is 18.7 Å². The van der Waals surface area contributed by atoms with E-state index in [4.69, 9.17) is 78.8 Å². The zero-order chi connectivity index (χ0) is 56.7. The molecule has 29 heteroatoms. The summed E-state index contributed by atoms with van der Waals surface area (Å²) in [5, 5.41) is 12.7. The van der Waals surface area contributed by atoms with Crippen molar-refractivity contribution in [3.05, 3.63) is 83.9 Å². The molecule has 0 aliphatic rings. The first-order valence-corrected chi connectivity index (χ1v) is 28.5. The number of phenols is 1. The van der Waals surface area contributed by atoms with Crippen molar-refractivity contribution >= 4 is 96.6 Å². The van der Waals surface area contributed by atoms with Crippen LogP contribution in [0.3, 0.4) is 0 Å². The average Bonchev–Trinajstić information content (AvgIpc) is 3.97. The van der Waals surface area contributed by atoms with Gasteiger partial charge < -0.3 is 64.7 Å². The third-order valence-corrected chi connectivity index (χ3v) is 13.0. The standard InChI is InChI=1S/C24H34ClN6O5P.C9H14N5O4P.C9H19NO2.C6H5ClO.ClH/c1-5-6-7-12-34-23(32)24(3,4)30-37(33,36-19-10-8-18(25)9-11-19)16-35-17(2)13-31-15-29-20-21(26)27-14-28-22(20)31;1-6(18-5-19(15,16)17)2-14-4-13-7-8(10)11-3-12-9(7)14;1-4-5-6-7-12-8(11)9(2,3)10;7-5-1-3-6(8)4-2-5;/h8-11,14-15,17H,5-7,12-13,16H2,1-4H3,(H,30,33)(H2,26,27,28);3-4,6H,2,5H2,1H3,(H2,10,11,12)(H2,15,16,17);4-7,10H2,1-3H3;1-4,8H;1H/t17-,37?;6-;;;/m11.../s1. The van der Waals surface area contributed by atoms with Gasteiger partial charge in [-0.05, 0) is 103 Å². The molecule has 0 saturated carbocycles. The summed E-state index contributed by atoms with van der Waals surface area (Å²) in [7, 11) is -7.92. The second kappa shape index (κ2) is 32.6. The lowest BCUT2D eigenvalue weighted by Crippen LogP contribution is -2.47. The molecule has 0 bridgehead atoms. The Morgan fingerprint density at radius 3 is 1.53 bits per heavy atom. The van der Waals surface area contributed by atoms with Gasteiger partial charge in [0.25, 0.3) is 0 Å². The van der Waals surface area contributed by atoms with Crippen LogP contribution in [0.15, 0.2) is 73.8 Å². The Bertz CT molecular complexity index is 2800. The van der Waals surface area contributed by atoms with E-state index in [1.165, 1.54) is 19.0 Å². The molecule has 0 aliphatic heterocycles. The topological polar surface area (TPSA) is 352 Å². The number of nitrogens with two attached hydrogens (primary N) is 3. The first-order valence-electron chi connectivity index (χ1n) is 24.2. The van der Waals surface area contributed by atoms with Crippen LogP contribution >= 0.6 is 50.7 Å². The molecule has 24 nitrogen and oxygen atoms in total. The van der Waals surface area contributed by atoms with Crippen LogP contribution in [0.2, 0.25) is 10.0 Å². The number of phenolic OH excluding ortho intramolecular Hbond substituents is 1. The van der Waals surface area contributed by atoms with Gasteiger partial charge in [-0.1, -0.05) is 62.7 Å². The number of unbranched alkanes of at least 4 members (excludes halogenated alkanes) is 4. The van der Waals surface area contributed by atoms with Gasteiger partial charge in [-0.2, -0.15) is 0 Å².